The average Bonchev–Trinajstić information content (AvgIpc) is 3.00. The van der Waals surface area contributed by atoms with Crippen molar-refractivity contribution in [2.45, 2.75) is 12.5 Å². The average molecular weight is 428 g/mol. The predicted molar refractivity (Wildman–Crippen MR) is 109 cm³/mol. The number of urea groups is 1. The molecule has 7 nitrogen and oxygen atoms in total. The molecule has 9 heteroatoms. The number of piperazine rings is 1. The van der Waals surface area contributed by atoms with Crippen LogP contribution in [-0.2, 0) is 15.1 Å². The summed E-state index contributed by atoms with van der Waals surface area (Å²) in [6, 6.07) is 12.1. The van der Waals surface area contributed by atoms with Crippen molar-refractivity contribution in [2.75, 3.05) is 37.6 Å². The van der Waals surface area contributed by atoms with E-state index in [1.165, 1.54) is 13.0 Å². The number of hydrogen-bond acceptors (Lipinski definition) is 4. The summed E-state index contributed by atoms with van der Waals surface area (Å²) in [6.07, 6.45) is 0. The molecule has 31 heavy (non-hydrogen) atoms. The van der Waals surface area contributed by atoms with E-state index in [2.05, 4.69) is 10.2 Å². The molecule has 1 atom stereocenters. The highest BCUT2D eigenvalue weighted by Crippen LogP contribution is 2.30. The lowest BCUT2D eigenvalue weighted by atomic mass is 9.92. The third kappa shape index (κ3) is 3.83. The van der Waals surface area contributed by atoms with Gasteiger partial charge in [0.2, 0.25) is 5.91 Å². The van der Waals surface area contributed by atoms with E-state index >= 15 is 0 Å². The second kappa shape index (κ2) is 7.98. The SMILES string of the molecule is C[C@@]1(c2ccc(F)c(F)c2)NC(=O)N(CC(=O)N2CCN(c3ccccc3)CC2)C1=O. The van der Waals surface area contributed by atoms with Crippen LogP contribution >= 0.6 is 0 Å². The van der Waals surface area contributed by atoms with Gasteiger partial charge < -0.3 is 15.1 Å². The highest BCUT2D eigenvalue weighted by molar-refractivity contribution is 6.09. The van der Waals surface area contributed by atoms with Crippen molar-refractivity contribution in [3.63, 3.8) is 0 Å². The van der Waals surface area contributed by atoms with Gasteiger partial charge in [0, 0.05) is 31.9 Å². The van der Waals surface area contributed by atoms with Gasteiger partial charge in [0.05, 0.1) is 0 Å². The van der Waals surface area contributed by atoms with E-state index in [1.54, 1.807) is 4.90 Å². The highest BCUT2D eigenvalue weighted by Gasteiger charge is 2.50. The van der Waals surface area contributed by atoms with Crippen molar-refractivity contribution in [2.24, 2.45) is 0 Å². The third-order valence-electron chi connectivity index (χ3n) is 5.82. The summed E-state index contributed by atoms with van der Waals surface area (Å²) in [5.74, 6) is -3.19. The minimum absolute atomic E-state index is 0.108. The first kappa shape index (κ1) is 20.8. The van der Waals surface area contributed by atoms with Crippen molar-refractivity contribution in [1.29, 1.82) is 0 Å². The van der Waals surface area contributed by atoms with Crippen molar-refractivity contribution < 1.29 is 23.2 Å². The topological polar surface area (TPSA) is 73.0 Å². The number of halogens is 2. The first-order chi connectivity index (χ1) is 14.8. The van der Waals surface area contributed by atoms with Crippen LogP contribution < -0.4 is 10.2 Å². The first-order valence-electron chi connectivity index (χ1n) is 9.97. The van der Waals surface area contributed by atoms with Gasteiger partial charge >= 0.3 is 6.03 Å². The number of rotatable bonds is 4. The second-order valence-electron chi connectivity index (χ2n) is 7.78. The van der Waals surface area contributed by atoms with Crippen LogP contribution in [0, 0.1) is 11.6 Å². The largest absolute Gasteiger partial charge is 0.368 e. The van der Waals surface area contributed by atoms with Gasteiger partial charge in [-0.05, 0) is 36.8 Å². The Labute approximate surface area is 178 Å². The summed E-state index contributed by atoms with van der Waals surface area (Å²) < 4.78 is 26.9. The van der Waals surface area contributed by atoms with Crippen LogP contribution in [0.3, 0.4) is 0 Å². The summed E-state index contributed by atoms with van der Waals surface area (Å²) in [5.41, 5.74) is -0.389. The Morgan fingerprint density at radius 2 is 1.68 bits per heavy atom. The Kier molecular flexibility index (Phi) is 5.34. The number of carbonyl (C=O) groups excluding carboxylic acids is 3. The number of para-hydroxylation sites is 1. The number of nitrogens with one attached hydrogen (secondary N) is 1. The molecule has 0 bridgehead atoms. The summed E-state index contributed by atoms with van der Waals surface area (Å²) in [6.45, 7) is 3.22. The molecule has 2 heterocycles. The molecule has 2 aliphatic rings. The zero-order chi connectivity index (χ0) is 22.2. The lowest BCUT2D eigenvalue weighted by molar-refractivity contribution is -0.139. The van der Waals surface area contributed by atoms with E-state index in [-0.39, 0.29) is 11.5 Å². The Morgan fingerprint density at radius 1 is 1.00 bits per heavy atom. The fourth-order valence-corrected chi connectivity index (χ4v) is 3.93. The molecule has 4 rings (SSSR count). The van der Waals surface area contributed by atoms with Gasteiger partial charge in [-0.25, -0.2) is 13.6 Å². The Bertz CT molecular complexity index is 1020. The monoisotopic (exact) mass is 428 g/mol. The Morgan fingerprint density at radius 3 is 2.32 bits per heavy atom. The second-order valence-corrected chi connectivity index (χ2v) is 7.78. The third-order valence-corrected chi connectivity index (χ3v) is 5.82. The van der Waals surface area contributed by atoms with Crippen molar-refractivity contribution in [3.8, 4) is 0 Å². The maximum Gasteiger partial charge on any atom is 0.325 e. The summed E-state index contributed by atoms with van der Waals surface area (Å²) in [4.78, 5) is 42.7. The smallest absolute Gasteiger partial charge is 0.325 e. The maximum absolute atomic E-state index is 13.7. The van der Waals surface area contributed by atoms with E-state index < -0.39 is 35.7 Å². The van der Waals surface area contributed by atoms with Gasteiger partial charge in [0.25, 0.3) is 5.91 Å². The number of carbonyl (C=O) groups is 3. The molecule has 0 radical (unpaired) electrons. The van der Waals surface area contributed by atoms with Crippen LogP contribution in [0.1, 0.15) is 12.5 Å². The van der Waals surface area contributed by atoms with Gasteiger partial charge in [-0.1, -0.05) is 24.3 Å². The molecule has 2 fully saturated rings. The summed E-state index contributed by atoms with van der Waals surface area (Å²) >= 11 is 0. The molecule has 162 valence electrons. The van der Waals surface area contributed by atoms with E-state index in [4.69, 9.17) is 0 Å². The van der Waals surface area contributed by atoms with Gasteiger partial charge in [-0.2, -0.15) is 0 Å². The van der Waals surface area contributed by atoms with Gasteiger partial charge in [0.15, 0.2) is 11.6 Å². The van der Waals surface area contributed by atoms with Crippen molar-refractivity contribution in [3.05, 3.63) is 65.7 Å². The zero-order valence-corrected chi connectivity index (χ0v) is 17.0. The van der Waals surface area contributed by atoms with E-state index in [0.29, 0.717) is 26.2 Å². The molecular weight excluding hydrogens is 406 g/mol. The molecule has 0 aliphatic carbocycles. The van der Waals surface area contributed by atoms with Crippen molar-refractivity contribution in [1.82, 2.24) is 15.1 Å². The quantitative estimate of drug-likeness (QED) is 0.757. The summed E-state index contributed by atoms with van der Waals surface area (Å²) in [7, 11) is 0. The van der Waals surface area contributed by atoms with Crippen LogP contribution in [0.15, 0.2) is 48.5 Å². The van der Waals surface area contributed by atoms with Gasteiger partial charge in [-0.3, -0.25) is 14.5 Å². The fourth-order valence-electron chi connectivity index (χ4n) is 3.93. The standard InChI is InChI=1S/C22H22F2N4O3/c1-22(15-7-8-17(23)18(24)13-15)20(30)28(21(31)25-22)14-19(29)27-11-9-26(10-12-27)16-5-3-2-4-6-16/h2-8,13H,9-12,14H2,1H3,(H,25,31)/t22-/m0/s1. The Balaban J connectivity index is 1.41. The summed E-state index contributed by atoms with van der Waals surface area (Å²) in [5, 5.41) is 2.50. The van der Waals surface area contributed by atoms with E-state index in [1.807, 2.05) is 30.3 Å². The molecule has 2 saturated heterocycles. The number of benzene rings is 2. The van der Waals surface area contributed by atoms with Crippen molar-refractivity contribution >= 4 is 23.5 Å². The minimum Gasteiger partial charge on any atom is -0.368 e. The zero-order valence-electron chi connectivity index (χ0n) is 17.0. The van der Waals surface area contributed by atoms with Crippen LogP contribution in [0.5, 0.6) is 0 Å². The van der Waals surface area contributed by atoms with E-state index in [0.717, 1.165) is 22.7 Å². The fraction of sp³-hybridized carbons (Fsp3) is 0.318. The normalized spacial score (nSPS) is 21.5. The van der Waals surface area contributed by atoms with Crippen LogP contribution in [0.2, 0.25) is 0 Å². The van der Waals surface area contributed by atoms with Gasteiger partial charge in [0.1, 0.15) is 12.1 Å². The number of nitrogens with zero attached hydrogens (tertiary/aromatic N) is 3. The number of hydrogen-bond donors (Lipinski definition) is 1. The predicted octanol–water partition coefficient (Wildman–Crippen LogP) is 2.08. The molecule has 1 N–H and O–H groups in total. The molecule has 2 aliphatic heterocycles. The molecule has 0 spiro atoms. The molecule has 4 amide bonds. The Hall–Kier alpha value is -3.49. The number of anilines is 1. The molecule has 0 unspecified atom stereocenters. The number of amides is 4. The van der Waals surface area contributed by atoms with Crippen LogP contribution in [0.4, 0.5) is 19.3 Å². The van der Waals surface area contributed by atoms with Crippen LogP contribution in [-0.4, -0.2) is 60.4 Å². The molecule has 0 aromatic heterocycles. The molecule has 0 saturated carbocycles. The highest BCUT2D eigenvalue weighted by atomic mass is 19.2. The first-order valence-corrected chi connectivity index (χ1v) is 9.97. The lowest BCUT2D eigenvalue weighted by Gasteiger charge is -2.36. The molecule has 2 aromatic rings. The molecule has 2 aromatic carbocycles. The lowest BCUT2D eigenvalue weighted by Crippen LogP contribution is -2.52. The maximum atomic E-state index is 13.7. The van der Waals surface area contributed by atoms with Gasteiger partial charge in [-0.15, -0.1) is 0 Å². The van der Waals surface area contributed by atoms with Crippen LogP contribution in [0.25, 0.3) is 0 Å². The molecular formula is C22H22F2N4O3. The number of imide groups is 1. The minimum atomic E-state index is -1.57. The van der Waals surface area contributed by atoms with E-state index in [9.17, 15) is 23.2 Å².